The van der Waals surface area contributed by atoms with Crippen molar-refractivity contribution in [2.75, 3.05) is 20.2 Å². The van der Waals surface area contributed by atoms with Gasteiger partial charge in [-0.3, -0.25) is 4.79 Å². The summed E-state index contributed by atoms with van der Waals surface area (Å²) in [6.45, 7) is 1.50. The first-order chi connectivity index (χ1) is 8.63. The number of aromatic hydroxyl groups is 2. The second kappa shape index (κ2) is 7.55. The lowest BCUT2D eigenvalue weighted by atomic mass is 10.1. The molecule has 0 unspecified atom stereocenters. The molecule has 3 N–H and O–H groups in total. The molecule has 0 aromatic heterocycles. The van der Waals surface area contributed by atoms with Crippen molar-refractivity contribution < 1.29 is 19.7 Å². The number of hydrogen-bond acceptors (Lipinski definition) is 5. The summed E-state index contributed by atoms with van der Waals surface area (Å²) in [5.74, 6) is -0.400. The predicted molar refractivity (Wildman–Crippen MR) is 67.6 cm³/mol. The minimum atomic E-state index is -0.194. The number of benzene rings is 1. The number of carbonyl (C=O) groups excluding carboxylic acids is 1. The molecular weight excluding hydrogens is 234 g/mol. The van der Waals surface area contributed by atoms with Crippen molar-refractivity contribution in [3.05, 3.63) is 23.8 Å². The summed E-state index contributed by atoms with van der Waals surface area (Å²) in [5, 5.41) is 21.7. The molecule has 100 valence electrons. The van der Waals surface area contributed by atoms with Crippen molar-refractivity contribution in [1.82, 2.24) is 5.32 Å². The van der Waals surface area contributed by atoms with E-state index in [0.717, 1.165) is 31.5 Å². The molecule has 0 spiro atoms. The molecule has 5 nitrogen and oxygen atoms in total. The molecule has 0 saturated carbocycles. The van der Waals surface area contributed by atoms with Gasteiger partial charge in [-0.05, 0) is 43.6 Å². The van der Waals surface area contributed by atoms with Crippen LogP contribution in [0.5, 0.6) is 11.5 Å². The maximum absolute atomic E-state index is 10.8. The monoisotopic (exact) mass is 253 g/mol. The number of phenolic OH excluding ortho intramolecular Hbond substituents is 2. The lowest BCUT2D eigenvalue weighted by Gasteiger charge is -2.05. The van der Waals surface area contributed by atoms with E-state index >= 15 is 0 Å². The van der Waals surface area contributed by atoms with Crippen molar-refractivity contribution in [3.63, 3.8) is 0 Å². The zero-order valence-electron chi connectivity index (χ0n) is 10.5. The Kier molecular flexibility index (Phi) is 6.00. The predicted octanol–water partition coefficient (Wildman–Crippen LogP) is 1.18. The van der Waals surface area contributed by atoms with Gasteiger partial charge in [-0.15, -0.1) is 0 Å². The number of nitrogens with one attached hydrogen (secondary N) is 1. The van der Waals surface area contributed by atoms with Crippen LogP contribution < -0.4 is 5.32 Å². The molecule has 1 aromatic rings. The highest BCUT2D eigenvalue weighted by molar-refractivity contribution is 5.69. The summed E-state index contributed by atoms with van der Waals surface area (Å²) in [6.07, 6.45) is 1.92. The number of phenols is 2. The number of methoxy groups -OCH3 is 1. The highest BCUT2D eigenvalue weighted by Gasteiger charge is 2.01. The molecule has 0 bridgehead atoms. The van der Waals surface area contributed by atoms with Crippen LogP contribution in [0.1, 0.15) is 18.4 Å². The first-order valence-corrected chi connectivity index (χ1v) is 5.92. The summed E-state index contributed by atoms with van der Waals surface area (Å²) in [7, 11) is 1.38. The van der Waals surface area contributed by atoms with Crippen LogP contribution in [0.2, 0.25) is 0 Å². The van der Waals surface area contributed by atoms with E-state index in [2.05, 4.69) is 10.1 Å². The van der Waals surface area contributed by atoms with Gasteiger partial charge in [-0.1, -0.05) is 6.07 Å². The third-order valence-electron chi connectivity index (χ3n) is 2.59. The van der Waals surface area contributed by atoms with Gasteiger partial charge in [0.15, 0.2) is 11.5 Å². The van der Waals surface area contributed by atoms with Gasteiger partial charge in [-0.2, -0.15) is 0 Å². The first kappa shape index (κ1) is 14.3. The molecule has 0 aliphatic carbocycles. The number of ether oxygens (including phenoxy) is 1. The Balaban J connectivity index is 2.14. The van der Waals surface area contributed by atoms with Gasteiger partial charge >= 0.3 is 5.97 Å². The van der Waals surface area contributed by atoms with Crippen LogP contribution in [-0.4, -0.2) is 36.4 Å². The fourth-order valence-corrected chi connectivity index (χ4v) is 1.54. The number of rotatable bonds is 7. The summed E-state index contributed by atoms with van der Waals surface area (Å²) >= 11 is 0. The fourth-order valence-electron chi connectivity index (χ4n) is 1.54. The minimum absolute atomic E-state index is 0.0989. The van der Waals surface area contributed by atoms with Gasteiger partial charge in [0.25, 0.3) is 0 Å². The zero-order chi connectivity index (χ0) is 13.4. The number of hydrogen-bond donors (Lipinski definition) is 3. The van der Waals surface area contributed by atoms with Crippen molar-refractivity contribution in [1.29, 1.82) is 0 Å². The Morgan fingerprint density at radius 1 is 1.28 bits per heavy atom. The van der Waals surface area contributed by atoms with Gasteiger partial charge in [0, 0.05) is 6.42 Å². The molecule has 1 aromatic carbocycles. The quantitative estimate of drug-likeness (QED) is 0.386. The SMILES string of the molecule is COC(=O)CCCNCCc1ccc(O)c(O)c1. The van der Waals surface area contributed by atoms with Crippen LogP contribution >= 0.6 is 0 Å². The normalized spacial score (nSPS) is 10.3. The molecule has 1 rings (SSSR count). The van der Waals surface area contributed by atoms with E-state index in [4.69, 9.17) is 5.11 Å². The number of esters is 1. The van der Waals surface area contributed by atoms with Gasteiger partial charge < -0.3 is 20.3 Å². The van der Waals surface area contributed by atoms with Crippen molar-refractivity contribution in [2.45, 2.75) is 19.3 Å². The third-order valence-corrected chi connectivity index (χ3v) is 2.59. The summed E-state index contributed by atoms with van der Waals surface area (Å²) in [4.78, 5) is 10.8. The van der Waals surface area contributed by atoms with Crippen LogP contribution in [-0.2, 0) is 16.0 Å². The molecule has 0 heterocycles. The molecule has 0 aliphatic heterocycles. The molecule has 18 heavy (non-hydrogen) atoms. The van der Waals surface area contributed by atoms with E-state index in [1.807, 2.05) is 0 Å². The van der Waals surface area contributed by atoms with Crippen LogP contribution in [0.15, 0.2) is 18.2 Å². The maximum Gasteiger partial charge on any atom is 0.305 e. The van der Waals surface area contributed by atoms with Crippen LogP contribution in [0.4, 0.5) is 0 Å². The topological polar surface area (TPSA) is 78.8 Å². The first-order valence-electron chi connectivity index (χ1n) is 5.92. The Morgan fingerprint density at radius 3 is 2.72 bits per heavy atom. The van der Waals surface area contributed by atoms with Crippen LogP contribution in [0, 0.1) is 0 Å². The van der Waals surface area contributed by atoms with Crippen molar-refractivity contribution in [2.24, 2.45) is 0 Å². The second-order valence-electron chi connectivity index (χ2n) is 4.00. The van der Waals surface area contributed by atoms with E-state index in [1.54, 1.807) is 12.1 Å². The Bertz CT molecular complexity index is 393. The average Bonchev–Trinajstić information content (AvgIpc) is 2.37. The Morgan fingerprint density at radius 2 is 2.06 bits per heavy atom. The average molecular weight is 253 g/mol. The van der Waals surface area contributed by atoms with Crippen molar-refractivity contribution >= 4 is 5.97 Å². The lowest BCUT2D eigenvalue weighted by molar-refractivity contribution is -0.140. The third kappa shape index (κ3) is 5.05. The largest absolute Gasteiger partial charge is 0.504 e. The van der Waals surface area contributed by atoms with Gasteiger partial charge in [0.2, 0.25) is 0 Å². The van der Waals surface area contributed by atoms with Gasteiger partial charge in [0.05, 0.1) is 7.11 Å². The molecular formula is C13H19NO4. The van der Waals surface area contributed by atoms with Crippen LogP contribution in [0.25, 0.3) is 0 Å². The Labute approximate surface area is 106 Å². The fraction of sp³-hybridized carbons (Fsp3) is 0.462. The van der Waals surface area contributed by atoms with Gasteiger partial charge in [-0.25, -0.2) is 0 Å². The molecule has 5 heteroatoms. The highest BCUT2D eigenvalue weighted by atomic mass is 16.5. The zero-order valence-corrected chi connectivity index (χ0v) is 10.5. The second-order valence-corrected chi connectivity index (χ2v) is 4.00. The molecule has 0 saturated heterocycles. The lowest BCUT2D eigenvalue weighted by Crippen LogP contribution is -2.19. The molecule has 0 radical (unpaired) electrons. The minimum Gasteiger partial charge on any atom is -0.504 e. The maximum atomic E-state index is 10.8. The standard InChI is InChI=1S/C13H19NO4/c1-18-13(17)3-2-7-14-8-6-10-4-5-11(15)12(16)9-10/h4-5,9,14-16H,2-3,6-8H2,1H3. The smallest absolute Gasteiger partial charge is 0.305 e. The van der Waals surface area contributed by atoms with E-state index < -0.39 is 0 Å². The van der Waals surface area contributed by atoms with Crippen molar-refractivity contribution in [3.8, 4) is 11.5 Å². The molecule has 0 fully saturated rings. The van der Waals surface area contributed by atoms with E-state index in [-0.39, 0.29) is 17.5 Å². The molecule has 0 atom stereocenters. The molecule has 0 amide bonds. The Hall–Kier alpha value is -1.75. The summed E-state index contributed by atoms with van der Waals surface area (Å²) < 4.78 is 4.53. The van der Waals surface area contributed by atoms with Crippen LogP contribution in [0.3, 0.4) is 0 Å². The highest BCUT2D eigenvalue weighted by Crippen LogP contribution is 2.24. The van der Waals surface area contributed by atoms with Gasteiger partial charge in [0.1, 0.15) is 0 Å². The summed E-state index contributed by atoms with van der Waals surface area (Å²) in [5.41, 5.74) is 0.950. The number of carbonyl (C=O) groups is 1. The van der Waals surface area contributed by atoms with E-state index in [9.17, 15) is 9.90 Å². The van der Waals surface area contributed by atoms with E-state index in [0.29, 0.717) is 6.42 Å². The van der Waals surface area contributed by atoms with E-state index in [1.165, 1.54) is 13.2 Å². The summed E-state index contributed by atoms with van der Waals surface area (Å²) in [6, 6.07) is 4.79. The molecule has 0 aliphatic rings.